The van der Waals surface area contributed by atoms with Crippen LogP contribution in [0.15, 0.2) is 96.4 Å². The van der Waals surface area contributed by atoms with Crippen molar-refractivity contribution in [2.75, 3.05) is 55.9 Å². The van der Waals surface area contributed by atoms with Crippen LogP contribution in [0.2, 0.25) is 0 Å². The number of carbonyl (C=O) groups excluding carboxylic acids is 1. The predicted octanol–water partition coefficient (Wildman–Crippen LogP) is 4.47. The third-order valence-corrected chi connectivity index (χ3v) is 7.48. The third-order valence-electron chi connectivity index (χ3n) is 7.48. The van der Waals surface area contributed by atoms with Gasteiger partial charge in [-0.05, 0) is 43.5 Å². The fourth-order valence-electron chi connectivity index (χ4n) is 5.17. The van der Waals surface area contributed by atoms with Crippen LogP contribution in [-0.4, -0.2) is 70.7 Å². The molecule has 0 aliphatic carbocycles. The molecule has 3 aromatic carbocycles. The molecule has 1 saturated heterocycles. The van der Waals surface area contributed by atoms with Crippen molar-refractivity contribution in [3.05, 3.63) is 102 Å². The Balaban J connectivity index is 1.42. The van der Waals surface area contributed by atoms with Crippen LogP contribution in [0.3, 0.4) is 0 Å². The Morgan fingerprint density at radius 2 is 1.75 bits per heavy atom. The van der Waals surface area contributed by atoms with Gasteiger partial charge in [0.1, 0.15) is 17.0 Å². The van der Waals surface area contributed by atoms with E-state index < -0.39 is 0 Å². The van der Waals surface area contributed by atoms with Gasteiger partial charge in [-0.1, -0.05) is 43.0 Å². The van der Waals surface area contributed by atoms with Crippen molar-refractivity contribution in [2.45, 2.75) is 0 Å². The lowest BCUT2D eigenvalue weighted by Crippen LogP contribution is -2.44. The summed E-state index contributed by atoms with van der Waals surface area (Å²) >= 11 is 0. The molecule has 0 unspecified atom stereocenters. The Hall–Kier alpha value is -5.55. The molecule has 5 aromatic rings. The molecule has 0 radical (unpaired) electrons. The SMILES string of the molecule is C=CC(=O)Nc1cccc(-n2c(=O)c(-c3ccccc3)nc3cnc(Nc4ccc(N5CCN(C)CC5)c(OC)c4)nc32)c1. The quantitative estimate of drug-likeness (QED) is 0.253. The second-order valence-corrected chi connectivity index (χ2v) is 10.4. The van der Waals surface area contributed by atoms with Gasteiger partial charge in [-0.25, -0.2) is 9.97 Å². The summed E-state index contributed by atoms with van der Waals surface area (Å²) in [5.41, 5.74) is 4.06. The number of rotatable bonds is 8. The maximum Gasteiger partial charge on any atom is 0.283 e. The lowest BCUT2D eigenvalue weighted by Gasteiger charge is -2.34. The highest BCUT2D eigenvalue weighted by Crippen LogP contribution is 2.33. The molecule has 0 spiro atoms. The van der Waals surface area contributed by atoms with E-state index in [2.05, 4.69) is 44.0 Å². The van der Waals surface area contributed by atoms with Crippen LogP contribution in [0.25, 0.3) is 28.1 Å². The number of aromatic nitrogens is 4. The number of benzene rings is 3. The summed E-state index contributed by atoms with van der Waals surface area (Å²) in [5, 5.41) is 6.01. The Kier molecular flexibility index (Phi) is 8.02. The van der Waals surface area contributed by atoms with Gasteiger partial charge in [0.15, 0.2) is 5.65 Å². The van der Waals surface area contributed by atoms with E-state index in [0.717, 1.165) is 43.3 Å². The number of carbonyl (C=O) groups is 1. The Labute approximate surface area is 254 Å². The first-order valence-corrected chi connectivity index (χ1v) is 14.2. The van der Waals surface area contributed by atoms with Gasteiger partial charge in [0.05, 0.1) is 24.7 Å². The largest absolute Gasteiger partial charge is 0.495 e. The normalized spacial score (nSPS) is 13.5. The first kappa shape index (κ1) is 28.6. The molecule has 44 heavy (non-hydrogen) atoms. The zero-order valence-electron chi connectivity index (χ0n) is 24.5. The smallest absolute Gasteiger partial charge is 0.283 e. The average Bonchev–Trinajstić information content (AvgIpc) is 3.05. The van der Waals surface area contributed by atoms with Gasteiger partial charge in [-0.2, -0.15) is 4.98 Å². The molecule has 1 aliphatic heterocycles. The highest BCUT2D eigenvalue weighted by Gasteiger charge is 2.20. The minimum absolute atomic E-state index is 0.257. The number of nitrogens with one attached hydrogen (secondary N) is 2. The molecule has 0 saturated carbocycles. The number of nitrogens with zero attached hydrogens (tertiary/aromatic N) is 6. The highest BCUT2D eigenvalue weighted by atomic mass is 16.5. The second kappa shape index (κ2) is 12.4. The summed E-state index contributed by atoms with van der Waals surface area (Å²) in [4.78, 5) is 44.6. The van der Waals surface area contributed by atoms with Crippen LogP contribution in [0.1, 0.15) is 0 Å². The lowest BCUT2D eigenvalue weighted by atomic mass is 10.1. The minimum Gasteiger partial charge on any atom is -0.495 e. The van der Waals surface area contributed by atoms with Crippen LogP contribution in [0.4, 0.5) is 23.0 Å². The number of likely N-dealkylation sites (N-methyl/N-ethyl adjacent to an activating group) is 1. The Morgan fingerprint density at radius 3 is 2.50 bits per heavy atom. The summed E-state index contributed by atoms with van der Waals surface area (Å²) in [7, 11) is 3.78. The highest BCUT2D eigenvalue weighted by molar-refractivity contribution is 5.99. The van der Waals surface area contributed by atoms with E-state index in [-0.39, 0.29) is 23.1 Å². The number of piperazine rings is 1. The van der Waals surface area contributed by atoms with Crippen molar-refractivity contribution in [1.82, 2.24) is 24.4 Å². The standard InChI is InChI=1S/C33H32N8O3/c1-4-29(42)35-23-11-8-12-25(19-23)41-31-26(37-30(32(41)43)22-9-6-5-7-10-22)21-34-33(38-31)36-24-13-14-27(28(20-24)44-3)40-17-15-39(2)16-18-40/h4-14,19-21H,1,15-18H2,2-3H3,(H,35,42)(H,34,36,38). The first-order chi connectivity index (χ1) is 21.4. The molecule has 11 nitrogen and oxygen atoms in total. The van der Waals surface area contributed by atoms with E-state index in [1.165, 1.54) is 10.6 Å². The van der Waals surface area contributed by atoms with E-state index >= 15 is 0 Å². The van der Waals surface area contributed by atoms with E-state index in [4.69, 9.17) is 9.72 Å². The maximum atomic E-state index is 14.0. The first-order valence-electron chi connectivity index (χ1n) is 14.2. The van der Waals surface area contributed by atoms with Crippen LogP contribution in [0.5, 0.6) is 5.75 Å². The van der Waals surface area contributed by atoms with Crippen molar-refractivity contribution in [3.63, 3.8) is 0 Å². The number of hydrogen-bond donors (Lipinski definition) is 2. The molecule has 2 N–H and O–H groups in total. The molecule has 0 bridgehead atoms. The minimum atomic E-state index is -0.362. The van der Waals surface area contributed by atoms with E-state index in [0.29, 0.717) is 28.1 Å². The van der Waals surface area contributed by atoms with Crippen molar-refractivity contribution < 1.29 is 9.53 Å². The van der Waals surface area contributed by atoms with Crippen molar-refractivity contribution in [3.8, 4) is 22.7 Å². The monoisotopic (exact) mass is 588 g/mol. The summed E-state index contributed by atoms with van der Waals surface area (Å²) in [6, 6.07) is 22.1. The lowest BCUT2D eigenvalue weighted by molar-refractivity contribution is -0.111. The molecular formula is C33H32N8O3. The van der Waals surface area contributed by atoms with Crippen molar-refractivity contribution >= 4 is 40.1 Å². The number of methoxy groups -OCH3 is 1. The molecule has 11 heteroatoms. The number of anilines is 4. The van der Waals surface area contributed by atoms with Crippen molar-refractivity contribution in [2.24, 2.45) is 0 Å². The van der Waals surface area contributed by atoms with Gasteiger partial charge in [0, 0.05) is 49.2 Å². The average molecular weight is 589 g/mol. The maximum absolute atomic E-state index is 14.0. The summed E-state index contributed by atoms with van der Waals surface area (Å²) in [6.45, 7) is 7.32. The molecule has 222 valence electrons. The van der Waals surface area contributed by atoms with E-state index in [1.807, 2.05) is 48.5 Å². The number of hydrogen-bond acceptors (Lipinski definition) is 9. The number of amides is 1. The number of ether oxygens (including phenoxy) is 1. The Bertz CT molecular complexity index is 1900. The van der Waals surface area contributed by atoms with Gasteiger partial charge in [-0.3, -0.25) is 14.2 Å². The predicted molar refractivity (Wildman–Crippen MR) is 173 cm³/mol. The molecule has 3 heterocycles. The van der Waals surface area contributed by atoms with Gasteiger partial charge >= 0.3 is 0 Å². The molecule has 1 amide bonds. The van der Waals surface area contributed by atoms with E-state index in [1.54, 1.807) is 37.6 Å². The Morgan fingerprint density at radius 1 is 0.955 bits per heavy atom. The van der Waals surface area contributed by atoms with E-state index in [9.17, 15) is 9.59 Å². The molecule has 2 aromatic heterocycles. The zero-order valence-corrected chi connectivity index (χ0v) is 24.5. The molecule has 0 atom stereocenters. The summed E-state index contributed by atoms with van der Waals surface area (Å²) in [5.74, 6) is 0.664. The number of fused-ring (bicyclic) bond motifs is 1. The van der Waals surface area contributed by atoms with Gasteiger partial charge in [0.2, 0.25) is 11.9 Å². The van der Waals surface area contributed by atoms with Crippen LogP contribution < -0.4 is 25.8 Å². The van der Waals surface area contributed by atoms with Crippen molar-refractivity contribution in [1.29, 1.82) is 0 Å². The van der Waals surface area contributed by atoms with Gasteiger partial charge in [-0.15, -0.1) is 0 Å². The second-order valence-electron chi connectivity index (χ2n) is 10.4. The zero-order chi connectivity index (χ0) is 30.6. The van der Waals surface area contributed by atoms with Crippen LogP contribution in [0, 0.1) is 0 Å². The van der Waals surface area contributed by atoms with Gasteiger partial charge < -0.3 is 25.2 Å². The van der Waals surface area contributed by atoms with Crippen LogP contribution in [-0.2, 0) is 4.79 Å². The molecular weight excluding hydrogens is 556 g/mol. The topological polar surface area (TPSA) is 118 Å². The summed E-state index contributed by atoms with van der Waals surface area (Å²) in [6.07, 6.45) is 2.78. The summed E-state index contributed by atoms with van der Waals surface area (Å²) < 4.78 is 7.23. The van der Waals surface area contributed by atoms with Gasteiger partial charge in [0.25, 0.3) is 5.56 Å². The molecule has 1 aliphatic rings. The fourth-order valence-corrected chi connectivity index (χ4v) is 5.17. The molecule has 6 rings (SSSR count). The third kappa shape index (κ3) is 5.86. The molecule has 1 fully saturated rings. The van der Waals surface area contributed by atoms with Crippen LogP contribution >= 0.6 is 0 Å². The fraction of sp³-hybridized carbons (Fsp3) is 0.182.